The summed E-state index contributed by atoms with van der Waals surface area (Å²) in [5.74, 6) is -0.125. The van der Waals surface area contributed by atoms with Crippen LogP contribution in [0.1, 0.15) is 55.3 Å². The van der Waals surface area contributed by atoms with Crippen molar-refractivity contribution in [3.8, 4) is 0 Å². The van der Waals surface area contributed by atoms with Crippen LogP contribution >= 0.6 is 0 Å². The molecule has 2 rings (SSSR count). The van der Waals surface area contributed by atoms with E-state index in [2.05, 4.69) is 10.0 Å². The van der Waals surface area contributed by atoms with E-state index in [0.29, 0.717) is 12.1 Å². The van der Waals surface area contributed by atoms with E-state index in [-0.39, 0.29) is 16.8 Å². The van der Waals surface area contributed by atoms with Crippen LogP contribution < -0.4 is 10.0 Å². The molecular weight excluding hydrogens is 350 g/mol. The highest BCUT2D eigenvalue weighted by molar-refractivity contribution is 7.89. The highest BCUT2D eigenvalue weighted by Crippen LogP contribution is 2.18. The molecule has 1 fully saturated rings. The lowest BCUT2D eigenvalue weighted by atomic mass is 10.1. The molecule has 1 aliphatic carbocycles. The number of nitrogens with one attached hydrogen (secondary N) is 2. The molecule has 0 radical (unpaired) electrons. The zero-order valence-corrected chi connectivity index (χ0v) is 16.6. The Morgan fingerprint density at radius 1 is 1.08 bits per heavy atom. The molecule has 7 heteroatoms. The third-order valence-electron chi connectivity index (χ3n) is 4.69. The molecule has 0 atom stereocenters. The quantitative estimate of drug-likeness (QED) is 0.535. The van der Waals surface area contributed by atoms with E-state index < -0.39 is 10.0 Å². The van der Waals surface area contributed by atoms with Crippen molar-refractivity contribution in [2.75, 3.05) is 27.2 Å². The van der Waals surface area contributed by atoms with Crippen LogP contribution in [-0.2, 0) is 10.0 Å². The molecular formula is C19H31N3O3S. The minimum Gasteiger partial charge on any atom is -0.349 e. The Hall–Kier alpha value is -1.44. The topological polar surface area (TPSA) is 78.5 Å². The van der Waals surface area contributed by atoms with Crippen LogP contribution in [0, 0.1) is 0 Å². The van der Waals surface area contributed by atoms with Gasteiger partial charge in [0.1, 0.15) is 0 Å². The first-order chi connectivity index (χ1) is 12.4. The van der Waals surface area contributed by atoms with Gasteiger partial charge in [-0.25, -0.2) is 13.1 Å². The SMILES string of the molecule is CN(C)CCCNS(=O)(=O)c1ccc(C(=O)NC2CCCCCC2)cc1. The molecule has 2 N–H and O–H groups in total. The predicted molar refractivity (Wildman–Crippen MR) is 104 cm³/mol. The molecule has 0 aliphatic heterocycles. The highest BCUT2D eigenvalue weighted by Gasteiger charge is 2.17. The van der Waals surface area contributed by atoms with Gasteiger partial charge in [0.25, 0.3) is 5.91 Å². The van der Waals surface area contributed by atoms with Gasteiger partial charge in [-0.3, -0.25) is 4.79 Å². The molecule has 0 aromatic heterocycles. The molecule has 1 amide bonds. The maximum Gasteiger partial charge on any atom is 0.251 e. The summed E-state index contributed by atoms with van der Waals surface area (Å²) in [7, 11) is 0.371. The average molecular weight is 382 g/mol. The second-order valence-electron chi connectivity index (χ2n) is 7.24. The first-order valence-electron chi connectivity index (χ1n) is 9.44. The molecule has 1 aromatic rings. The van der Waals surface area contributed by atoms with E-state index in [4.69, 9.17) is 0 Å². The molecule has 0 bridgehead atoms. The van der Waals surface area contributed by atoms with Crippen LogP contribution in [0.3, 0.4) is 0 Å². The Balaban J connectivity index is 1.90. The number of rotatable bonds is 8. The maximum atomic E-state index is 12.4. The van der Waals surface area contributed by atoms with Crippen molar-refractivity contribution >= 4 is 15.9 Å². The van der Waals surface area contributed by atoms with Gasteiger partial charge in [-0.15, -0.1) is 0 Å². The smallest absolute Gasteiger partial charge is 0.251 e. The largest absolute Gasteiger partial charge is 0.349 e. The van der Waals surface area contributed by atoms with Crippen LogP contribution in [0.25, 0.3) is 0 Å². The van der Waals surface area contributed by atoms with Crippen LogP contribution in [0.4, 0.5) is 0 Å². The number of carbonyl (C=O) groups excluding carboxylic acids is 1. The summed E-state index contributed by atoms with van der Waals surface area (Å²) in [5, 5.41) is 3.08. The fourth-order valence-electron chi connectivity index (χ4n) is 3.16. The molecule has 0 saturated heterocycles. The molecule has 6 nitrogen and oxygen atoms in total. The van der Waals surface area contributed by atoms with Crippen molar-refractivity contribution in [2.24, 2.45) is 0 Å². The Bertz CT molecular complexity index is 664. The third kappa shape index (κ3) is 6.70. The monoisotopic (exact) mass is 381 g/mol. The zero-order chi connectivity index (χ0) is 19.0. The first kappa shape index (κ1) is 20.9. The van der Waals surface area contributed by atoms with Crippen molar-refractivity contribution in [2.45, 2.75) is 55.9 Å². The number of benzene rings is 1. The number of amides is 1. The van der Waals surface area contributed by atoms with E-state index in [1.54, 1.807) is 12.1 Å². The molecule has 1 aliphatic rings. The molecule has 26 heavy (non-hydrogen) atoms. The van der Waals surface area contributed by atoms with E-state index in [1.165, 1.54) is 25.0 Å². The summed E-state index contributed by atoms with van der Waals surface area (Å²) in [4.78, 5) is 14.6. The molecule has 0 unspecified atom stereocenters. The first-order valence-corrected chi connectivity index (χ1v) is 10.9. The third-order valence-corrected chi connectivity index (χ3v) is 6.17. The Labute approximate surface area is 157 Å². The normalized spacial score (nSPS) is 16.4. The molecule has 1 saturated carbocycles. The predicted octanol–water partition coefficient (Wildman–Crippen LogP) is 2.37. The standard InChI is InChI=1S/C19H31N3O3S/c1-22(2)15-7-14-20-26(24,25)18-12-10-16(11-13-18)19(23)21-17-8-5-3-4-6-9-17/h10-13,17,20H,3-9,14-15H2,1-2H3,(H,21,23). The van der Waals surface area contributed by atoms with Gasteiger partial charge in [0.15, 0.2) is 0 Å². The van der Waals surface area contributed by atoms with E-state index in [9.17, 15) is 13.2 Å². The van der Waals surface area contributed by atoms with Crippen molar-refractivity contribution in [3.63, 3.8) is 0 Å². The van der Waals surface area contributed by atoms with Gasteiger partial charge in [0.05, 0.1) is 4.90 Å². The second-order valence-corrected chi connectivity index (χ2v) is 9.01. The second kappa shape index (κ2) is 10.0. The lowest BCUT2D eigenvalue weighted by Gasteiger charge is -2.16. The van der Waals surface area contributed by atoms with Gasteiger partial charge >= 0.3 is 0 Å². The lowest BCUT2D eigenvalue weighted by Crippen LogP contribution is -2.34. The lowest BCUT2D eigenvalue weighted by molar-refractivity contribution is 0.0933. The zero-order valence-electron chi connectivity index (χ0n) is 15.8. The van der Waals surface area contributed by atoms with Gasteiger partial charge in [-0.05, 0) is 64.2 Å². The number of carbonyl (C=O) groups is 1. The van der Waals surface area contributed by atoms with Crippen molar-refractivity contribution in [3.05, 3.63) is 29.8 Å². The summed E-state index contributed by atoms with van der Waals surface area (Å²) in [6, 6.07) is 6.39. The van der Waals surface area contributed by atoms with Crippen LogP contribution in [0.15, 0.2) is 29.2 Å². The van der Waals surface area contributed by atoms with Crippen molar-refractivity contribution in [1.82, 2.24) is 14.9 Å². The summed E-state index contributed by atoms with van der Waals surface area (Å²) >= 11 is 0. The number of hydrogen-bond acceptors (Lipinski definition) is 4. The molecule has 146 valence electrons. The number of nitrogens with zero attached hydrogens (tertiary/aromatic N) is 1. The van der Waals surface area contributed by atoms with Gasteiger partial charge in [-0.2, -0.15) is 0 Å². The average Bonchev–Trinajstić information content (AvgIpc) is 2.87. The molecule has 0 heterocycles. The molecule has 1 aromatic carbocycles. The Kier molecular flexibility index (Phi) is 8.06. The van der Waals surface area contributed by atoms with Crippen molar-refractivity contribution in [1.29, 1.82) is 0 Å². The van der Waals surface area contributed by atoms with E-state index in [1.807, 2.05) is 19.0 Å². The van der Waals surface area contributed by atoms with Crippen LogP contribution in [0.5, 0.6) is 0 Å². The van der Waals surface area contributed by atoms with Crippen LogP contribution in [0.2, 0.25) is 0 Å². The summed E-state index contributed by atoms with van der Waals surface area (Å²) in [6.45, 7) is 1.22. The molecule has 0 spiro atoms. The number of sulfonamides is 1. The van der Waals surface area contributed by atoms with Gasteiger partial charge < -0.3 is 10.2 Å². The van der Waals surface area contributed by atoms with E-state index >= 15 is 0 Å². The minimum absolute atomic E-state index is 0.125. The Morgan fingerprint density at radius 2 is 1.69 bits per heavy atom. The fourth-order valence-corrected chi connectivity index (χ4v) is 4.24. The maximum absolute atomic E-state index is 12.4. The minimum atomic E-state index is -3.53. The van der Waals surface area contributed by atoms with Crippen molar-refractivity contribution < 1.29 is 13.2 Å². The fraction of sp³-hybridized carbons (Fsp3) is 0.632. The van der Waals surface area contributed by atoms with Gasteiger partial charge in [-0.1, -0.05) is 25.7 Å². The summed E-state index contributed by atoms with van der Waals surface area (Å²) in [5.41, 5.74) is 0.501. The van der Waals surface area contributed by atoms with Crippen LogP contribution in [-0.4, -0.2) is 52.5 Å². The highest BCUT2D eigenvalue weighted by atomic mass is 32.2. The van der Waals surface area contributed by atoms with E-state index in [0.717, 1.165) is 38.6 Å². The van der Waals surface area contributed by atoms with Gasteiger partial charge in [0, 0.05) is 18.2 Å². The number of hydrogen-bond donors (Lipinski definition) is 2. The Morgan fingerprint density at radius 3 is 2.27 bits per heavy atom. The summed E-state index contributed by atoms with van der Waals surface area (Å²) in [6.07, 6.45) is 7.57. The summed E-state index contributed by atoms with van der Waals surface area (Å²) < 4.78 is 27.2. The van der Waals surface area contributed by atoms with Gasteiger partial charge in [0.2, 0.25) is 10.0 Å².